The van der Waals surface area contributed by atoms with Crippen molar-refractivity contribution in [2.75, 3.05) is 12.1 Å². The van der Waals surface area contributed by atoms with Crippen molar-refractivity contribution >= 4 is 36.2 Å². The van der Waals surface area contributed by atoms with E-state index in [9.17, 15) is 14.2 Å². The Morgan fingerprint density at radius 2 is 1.33 bits per heavy atom. The van der Waals surface area contributed by atoms with E-state index in [1.54, 1.807) is 46.3 Å². The van der Waals surface area contributed by atoms with Crippen LogP contribution in [0.3, 0.4) is 0 Å². The number of rotatable bonds is 15. The molecule has 12 nitrogen and oxygen atoms in total. The predicted molar refractivity (Wildman–Crippen MR) is 196 cm³/mol. The molecule has 0 spiro atoms. The van der Waals surface area contributed by atoms with E-state index in [0.29, 0.717) is 35.2 Å². The topological polar surface area (TPSA) is 160 Å². The maximum atomic E-state index is 14.8. The van der Waals surface area contributed by atoms with Crippen molar-refractivity contribution < 1.29 is 28.4 Å². The molecule has 2 fully saturated rings. The van der Waals surface area contributed by atoms with Gasteiger partial charge in [0.25, 0.3) is 0 Å². The molecule has 0 aliphatic heterocycles. The number of carbonyl (C=O) groups excluding carboxylic acids is 2. The number of nitrogens with zero attached hydrogens (tertiary/aromatic N) is 3. The van der Waals surface area contributed by atoms with Crippen LogP contribution in [-0.2, 0) is 34.9 Å². The molecule has 6 rings (SSSR count). The lowest BCUT2D eigenvalue weighted by Crippen LogP contribution is -2.55. The van der Waals surface area contributed by atoms with E-state index in [4.69, 9.17) is 19.9 Å². The molecule has 0 bridgehead atoms. The monoisotopic (exact) mass is 716 g/mol. The van der Waals surface area contributed by atoms with Crippen LogP contribution in [0.15, 0.2) is 79.3 Å². The smallest absolute Gasteiger partial charge is 0.326 e. The summed E-state index contributed by atoms with van der Waals surface area (Å²) in [6, 6.07) is 22.0. The first-order valence-corrected chi connectivity index (χ1v) is 19.5. The number of hydrogen-bond donors (Lipinski definition) is 3. The summed E-state index contributed by atoms with van der Waals surface area (Å²) in [7, 11) is -3.84. The number of aromatic nitrogens is 3. The Morgan fingerprint density at radius 3 is 1.82 bits per heavy atom. The zero-order valence-corrected chi connectivity index (χ0v) is 30.8. The van der Waals surface area contributed by atoms with E-state index in [0.717, 1.165) is 25.7 Å². The molecule has 0 saturated heterocycles. The molecule has 0 unspecified atom stereocenters. The molecular formula is C38H49N6O6P. The molecule has 1 atom stereocenters. The van der Waals surface area contributed by atoms with Gasteiger partial charge in [-0.15, -0.1) is 0 Å². The first-order chi connectivity index (χ1) is 24.2. The minimum atomic E-state index is -3.84. The number of nitrogen functional groups attached to an aromatic ring is 1. The quantitative estimate of drug-likeness (QED) is 0.0938. The van der Waals surface area contributed by atoms with Crippen molar-refractivity contribution in [3.8, 4) is 0 Å². The van der Waals surface area contributed by atoms with Crippen molar-refractivity contribution in [1.82, 2.24) is 24.7 Å². The molecule has 2 aromatic heterocycles. The summed E-state index contributed by atoms with van der Waals surface area (Å²) in [5, 5.41) is 6.05. The van der Waals surface area contributed by atoms with Gasteiger partial charge in [0.2, 0.25) is 7.44 Å². The molecule has 51 heavy (non-hydrogen) atoms. The minimum absolute atomic E-state index is 0.242. The van der Waals surface area contributed by atoms with E-state index in [1.165, 1.54) is 11.1 Å². The molecule has 4 N–H and O–H groups in total. The van der Waals surface area contributed by atoms with Crippen molar-refractivity contribution in [2.24, 2.45) is 0 Å². The third-order valence-corrected chi connectivity index (χ3v) is 12.1. The van der Waals surface area contributed by atoms with Gasteiger partial charge >= 0.3 is 11.9 Å². The van der Waals surface area contributed by atoms with Gasteiger partial charge in [-0.1, -0.05) is 60.7 Å². The molecule has 2 aliphatic rings. The highest BCUT2D eigenvalue weighted by molar-refractivity contribution is 7.59. The number of anilines is 1. The number of imidazole rings is 1. The van der Waals surface area contributed by atoms with E-state index < -0.39 is 36.6 Å². The fourth-order valence-corrected chi connectivity index (χ4v) is 9.32. The van der Waals surface area contributed by atoms with E-state index in [2.05, 4.69) is 44.4 Å². The van der Waals surface area contributed by atoms with Crippen molar-refractivity contribution in [3.63, 3.8) is 0 Å². The molecule has 272 valence electrons. The maximum Gasteiger partial charge on any atom is 0.326 e. The summed E-state index contributed by atoms with van der Waals surface area (Å²) < 4.78 is 34.6. The Bertz CT molecular complexity index is 1780. The lowest BCUT2D eigenvalue weighted by Gasteiger charge is -2.40. The number of pyridine rings is 1. The average Bonchev–Trinajstić information content (AvgIpc) is 3.46. The normalized spacial score (nSPS) is 22.3. The van der Waals surface area contributed by atoms with Gasteiger partial charge in [0.1, 0.15) is 35.2 Å². The zero-order chi connectivity index (χ0) is 36.4. The largest absolute Gasteiger partial charge is 0.461 e. The summed E-state index contributed by atoms with van der Waals surface area (Å²) in [4.78, 5) is 35.8. The van der Waals surface area contributed by atoms with Crippen LogP contribution in [0, 0.1) is 0 Å². The van der Waals surface area contributed by atoms with Crippen LogP contribution in [0.1, 0.15) is 83.3 Å². The number of esters is 2. The first kappa shape index (κ1) is 36.7. The fourth-order valence-electron chi connectivity index (χ4n) is 6.68. The SMILES string of the molecule is C[C@H](Cn1cnc2c(N)ccnc21)OCP(=O)(NC(C)(C)C(=O)OC1CC(c2ccccc2)C1)NC(C)(C)C(=O)O[C@H]1C[C@@H](c2ccccc2)C1. The van der Waals surface area contributed by atoms with E-state index in [-0.39, 0.29) is 18.6 Å². The highest BCUT2D eigenvalue weighted by atomic mass is 31.2. The van der Waals surface area contributed by atoms with Gasteiger partial charge in [-0.25, -0.2) is 20.1 Å². The average molecular weight is 717 g/mol. The molecule has 2 saturated carbocycles. The predicted octanol–water partition coefficient (Wildman–Crippen LogP) is 6.28. The van der Waals surface area contributed by atoms with Gasteiger partial charge in [0, 0.05) is 6.20 Å². The summed E-state index contributed by atoms with van der Waals surface area (Å²) >= 11 is 0. The molecule has 13 heteroatoms. The van der Waals surface area contributed by atoms with Crippen LogP contribution in [0.4, 0.5) is 5.69 Å². The molecule has 0 radical (unpaired) electrons. The highest BCUT2D eigenvalue weighted by Gasteiger charge is 2.46. The van der Waals surface area contributed by atoms with Crippen LogP contribution in [0.2, 0.25) is 0 Å². The van der Waals surface area contributed by atoms with E-state index >= 15 is 0 Å². The molecule has 2 aromatic carbocycles. The lowest BCUT2D eigenvalue weighted by molar-refractivity contribution is -0.160. The third-order valence-electron chi connectivity index (χ3n) is 9.75. The molecular weight excluding hydrogens is 667 g/mol. The third kappa shape index (κ3) is 8.69. The van der Waals surface area contributed by atoms with Gasteiger partial charge in [0.15, 0.2) is 5.65 Å². The molecule has 4 aromatic rings. The van der Waals surface area contributed by atoms with Crippen LogP contribution in [0.25, 0.3) is 11.2 Å². The van der Waals surface area contributed by atoms with Crippen LogP contribution in [0.5, 0.6) is 0 Å². The number of ether oxygens (including phenoxy) is 3. The number of nitrogens with one attached hydrogen (secondary N) is 2. The number of fused-ring (bicyclic) bond motifs is 1. The minimum Gasteiger partial charge on any atom is -0.461 e. The Morgan fingerprint density at radius 1 is 0.843 bits per heavy atom. The number of hydrogen-bond acceptors (Lipinski definition) is 9. The second-order valence-corrected chi connectivity index (χ2v) is 17.2. The Hall–Kier alpha value is -4.09. The van der Waals surface area contributed by atoms with Crippen LogP contribution < -0.4 is 15.9 Å². The lowest BCUT2D eigenvalue weighted by atomic mass is 9.77. The second-order valence-electron chi connectivity index (χ2n) is 15.0. The summed E-state index contributed by atoms with van der Waals surface area (Å²) in [6.07, 6.45) is 4.85. The van der Waals surface area contributed by atoms with Gasteiger partial charge in [-0.3, -0.25) is 14.2 Å². The van der Waals surface area contributed by atoms with Gasteiger partial charge in [-0.2, -0.15) is 0 Å². The second kappa shape index (κ2) is 14.9. The van der Waals surface area contributed by atoms with Crippen LogP contribution in [-0.4, -0.2) is 62.2 Å². The highest BCUT2D eigenvalue weighted by Crippen LogP contribution is 2.45. The summed E-state index contributed by atoms with van der Waals surface area (Å²) in [5.74, 6) is -0.422. The van der Waals surface area contributed by atoms with Gasteiger partial charge in [-0.05, 0) is 89.3 Å². The Balaban J connectivity index is 1.11. The summed E-state index contributed by atoms with van der Waals surface area (Å²) in [6.45, 7) is 8.67. The summed E-state index contributed by atoms with van der Waals surface area (Å²) in [5.41, 5.74) is 7.44. The standard InChI is InChI=1S/C38H49N6O6P/c1-25(22-44-23-41-33-32(39)16-17-40-34(33)44)48-24-51(47,42-37(2,3)35(45)49-30-18-28(19-30)26-12-8-6-9-13-26)43-38(4,5)36(46)50-31-20-29(21-31)27-14-10-7-11-15-27/h6-17,23,25,28-31H,18-22,24H2,1-5H3,(H2,39,40)(H2,42,43,47)/t25-,28-,29?,30+,31?,51?/m1/s1. The Labute approximate surface area is 299 Å². The van der Waals surface area contributed by atoms with E-state index in [1.807, 2.05) is 47.9 Å². The number of nitrogens with two attached hydrogens (primary N) is 1. The van der Waals surface area contributed by atoms with Gasteiger partial charge in [0.05, 0.1) is 24.7 Å². The van der Waals surface area contributed by atoms with Crippen molar-refractivity contribution in [3.05, 3.63) is 90.4 Å². The first-order valence-electron chi connectivity index (χ1n) is 17.6. The van der Waals surface area contributed by atoms with Crippen LogP contribution >= 0.6 is 7.44 Å². The Kier molecular flexibility index (Phi) is 10.7. The van der Waals surface area contributed by atoms with Gasteiger partial charge < -0.3 is 24.5 Å². The number of benzene rings is 2. The molecule has 0 amide bonds. The maximum absolute atomic E-state index is 14.8. The molecule has 2 heterocycles. The number of carbonyl (C=O) groups is 2. The fraction of sp³-hybridized carbons (Fsp3) is 0.474. The van der Waals surface area contributed by atoms with Crippen molar-refractivity contribution in [1.29, 1.82) is 0 Å². The zero-order valence-electron chi connectivity index (χ0n) is 30.0. The van der Waals surface area contributed by atoms with Crippen molar-refractivity contribution in [2.45, 2.75) is 108 Å². The molecule has 2 aliphatic carbocycles.